The zero-order valence-corrected chi connectivity index (χ0v) is 7.77. The van der Waals surface area contributed by atoms with Crippen molar-refractivity contribution < 1.29 is 8.78 Å². The summed E-state index contributed by atoms with van der Waals surface area (Å²) in [6.45, 7) is 3.79. The van der Waals surface area contributed by atoms with E-state index >= 15 is 0 Å². The maximum atomic E-state index is 13.2. The topological polar surface area (TPSA) is 0 Å². The van der Waals surface area contributed by atoms with Gasteiger partial charge < -0.3 is 0 Å². The van der Waals surface area contributed by atoms with Crippen LogP contribution in [0, 0.1) is 11.6 Å². The smallest absolute Gasteiger partial charge is 0.133 e. The first-order valence-corrected chi connectivity index (χ1v) is 4.29. The van der Waals surface area contributed by atoms with Crippen LogP contribution in [0.3, 0.4) is 0 Å². The van der Waals surface area contributed by atoms with Gasteiger partial charge in [-0.05, 0) is 31.1 Å². The maximum absolute atomic E-state index is 13.2. The molecule has 2 heteroatoms. The normalized spacial score (nSPS) is 11.8. The zero-order valence-electron chi connectivity index (χ0n) is 7.77. The molecule has 0 aliphatic carbocycles. The quantitative estimate of drug-likeness (QED) is 0.653. The van der Waals surface area contributed by atoms with E-state index in [1.165, 1.54) is 12.1 Å². The van der Waals surface area contributed by atoms with E-state index in [0.717, 1.165) is 18.1 Å². The first-order valence-electron chi connectivity index (χ1n) is 4.29. The van der Waals surface area contributed by atoms with Crippen LogP contribution >= 0.6 is 0 Å². The molecule has 13 heavy (non-hydrogen) atoms. The second-order valence-electron chi connectivity index (χ2n) is 2.79. The van der Waals surface area contributed by atoms with Crippen LogP contribution in [0.2, 0.25) is 0 Å². The van der Waals surface area contributed by atoms with Crippen molar-refractivity contribution in [3.8, 4) is 0 Å². The van der Waals surface area contributed by atoms with E-state index in [1.54, 1.807) is 0 Å². The van der Waals surface area contributed by atoms with Gasteiger partial charge in [0.25, 0.3) is 0 Å². The van der Waals surface area contributed by atoms with Gasteiger partial charge in [0.05, 0.1) is 0 Å². The van der Waals surface area contributed by atoms with Crippen LogP contribution in [0.5, 0.6) is 0 Å². The summed E-state index contributed by atoms with van der Waals surface area (Å²) in [7, 11) is 0. The fourth-order valence-corrected chi connectivity index (χ4v) is 1.30. The van der Waals surface area contributed by atoms with Crippen molar-refractivity contribution >= 4 is 5.57 Å². The number of rotatable bonds is 2. The number of hydrogen-bond acceptors (Lipinski definition) is 0. The van der Waals surface area contributed by atoms with Gasteiger partial charge in [0.1, 0.15) is 11.6 Å². The van der Waals surface area contributed by atoms with Crippen LogP contribution in [0.4, 0.5) is 8.78 Å². The van der Waals surface area contributed by atoms with E-state index < -0.39 is 11.6 Å². The van der Waals surface area contributed by atoms with Gasteiger partial charge in [-0.1, -0.05) is 13.0 Å². The molecular formula is C11H12F2. The van der Waals surface area contributed by atoms with Crippen LogP contribution in [0.25, 0.3) is 5.57 Å². The predicted molar refractivity (Wildman–Crippen MR) is 50.3 cm³/mol. The molecule has 0 aromatic heterocycles. The Hall–Kier alpha value is -1.18. The van der Waals surface area contributed by atoms with E-state index in [4.69, 9.17) is 0 Å². The van der Waals surface area contributed by atoms with E-state index in [1.807, 2.05) is 19.9 Å². The number of halogens is 2. The summed E-state index contributed by atoms with van der Waals surface area (Å²) >= 11 is 0. The Bertz CT molecular complexity index is 327. The van der Waals surface area contributed by atoms with E-state index in [-0.39, 0.29) is 0 Å². The SMILES string of the molecule is CC=C(CC)c1ccc(F)cc1F. The standard InChI is InChI=1S/C11H12F2/c1-3-8(4-2)10-6-5-9(12)7-11(10)13/h3,5-7H,4H2,1-2H3. The van der Waals surface area contributed by atoms with E-state index in [2.05, 4.69) is 0 Å². The third-order valence-corrected chi connectivity index (χ3v) is 2.01. The Morgan fingerprint density at radius 2 is 2.08 bits per heavy atom. The summed E-state index contributed by atoms with van der Waals surface area (Å²) in [5.41, 5.74) is 1.39. The molecule has 1 rings (SSSR count). The van der Waals surface area contributed by atoms with Gasteiger partial charge in [-0.15, -0.1) is 0 Å². The van der Waals surface area contributed by atoms with E-state index in [0.29, 0.717) is 5.56 Å². The second kappa shape index (κ2) is 4.17. The lowest BCUT2D eigenvalue weighted by atomic mass is 10.0. The number of benzene rings is 1. The molecule has 0 saturated carbocycles. The van der Waals surface area contributed by atoms with Crippen LogP contribution in [0.15, 0.2) is 24.3 Å². The lowest BCUT2D eigenvalue weighted by molar-refractivity contribution is 0.580. The molecule has 0 aliphatic rings. The van der Waals surface area contributed by atoms with Crippen LogP contribution < -0.4 is 0 Å². The average Bonchev–Trinajstić information content (AvgIpc) is 2.10. The van der Waals surface area contributed by atoms with Gasteiger partial charge in [-0.25, -0.2) is 8.78 Å². The minimum Gasteiger partial charge on any atom is -0.207 e. The van der Waals surface area contributed by atoms with E-state index in [9.17, 15) is 8.78 Å². The minimum atomic E-state index is -0.534. The van der Waals surface area contributed by atoms with Crippen molar-refractivity contribution in [2.45, 2.75) is 20.3 Å². The predicted octanol–water partition coefficient (Wildman–Crippen LogP) is 3.78. The van der Waals surface area contributed by atoms with Crippen molar-refractivity contribution in [1.29, 1.82) is 0 Å². The summed E-state index contributed by atoms with van der Waals surface area (Å²) in [5.74, 6) is -1.03. The van der Waals surface area contributed by atoms with Gasteiger partial charge in [0.15, 0.2) is 0 Å². The molecule has 1 aromatic carbocycles. The Balaban J connectivity index is 3.15. The van der Waals surface area contributed by atoms with Crippen molar-refractivity contribution in [2.24, 2.45) is 0 Å². The van der Waals surface area contributed by atoms with Gasteiger partial charge in [-0.2, -0.15) is 0 Å². The summed E-state index contributed by atoms with van der Waals surface area (Å²) in [5, 5.41) is 0. The summed E-state index contributed by atoms with van der Waals surface area (Å²) in [6.07, 6.45) is 2.59. The van der Waals surface area contributed by atoms with Crippen molar-refractivity contribution in [2.75, 3.05) is 0 Å². The van der Waals surface area contributed by atoms with Crippen LogP contribution in [0.1, 0.15) is 25.8 Å². The lowest BCUT2D eigenvalue weighted by Crippen LogP contribution is -1.89. The highest BCUT2D eigenvalue weighted by atomic mass is 19.1. The van der Waals surface area contributed by atoms with Gasteiger partial charge in [0.2, 0.25) is 0 Å². The molecule has 1 aromatic rings. The Morgan fingerprint density at radius 1 is 1.38 bits per heavy atom. The highest BCUT2D eigenvalue weighted by molar-refractivity contribution is 5.65. The summed E-state index contributed by atoms with van der Waals surface area (Å²) in [6, 6.07) is 3.66. The molecule has 0 nitrogen and oxygen atoms in total. The molecule has 0 aliphatic heterocycles. The first kappa shape index (κ1) is 9.90. The molecular weight excluding hydrogens is 170 g/mol. The molecule has 0 saturated heterocycles. The minimum absolute atomic E-state index is 0.491. The van der Waals surface area contributed by atoms with Crippen LogP contribution in [-0.2, 0) is 0 Å². The molecule has 0 N–H and O–H groups in total. The Morgan fingerprint density at radius 3 is 2.54 bits per heavy atom. The molecule has 0 spiro atoms. The molecule has 0 fully saturated rings. The summed E-state index contributed by atoms with van der Waals surface area (Å²) < 4.78 is 25.8. The summed E-state index contributed by atoms with van der Waals surface area (Å²) in [4.78, 5) is 0. The van der Waals surface area contributed by atoms with Crippen molar-refractivity contribution in [1.82, 2.24) is 0 Å². The first-order chi connectivity index (χ1) is 6.19. The third kappa shape index (κ3) is 2.14. The zero-order chi connectivity index (χ0) is 9.84. The van der Waals surface area contributed by atoms with Crippen LogP contribution in [-0.4, -0.2) is 0 Å². The number of allylic oxidation sites excluding steroid dienone is 2. The number of hydrogen-bond donors (Lipinski definition) is 0. The average molecular weight is 182 g/mol. The largest absolute Gasteiger partial charge is 0.207 e. The highest BCUT2D eigenvalue weighted by Gasteiger charge is 2.05. The van der Waals surface area contributed by atoms with Gasteiger partial charge in [-0.3, -0.25) is 0 Å². The molecule has 0 heterocycles. The fraction of sp³-hybridized carbons (Fsp3) is 0.273. The third-order valence-electron chi connectivity index (χ3n) is 2.01. The van der Waals surface area contributed by atoms with Crippen molar-refractivity contribution in [3.05, 3.63) is 41.5 Å². The molecule has 0 unspecified atom stereocenters. The van der Waals surface area contributed by atoms with Gasteiger partial charge in [0, 0.05) is 11.6 Å². The Labute approximate surface area is 76.9 Å². The highest BCUT2D eigenvalue weighted by Crippen LogP contribution is 2.21. The lowest BCUT2D eigenvalue weighted by Gasteiger charge is -2.05. The molecule has 0 bridgehead atoms. The monoisotopic (exact) mass is 182 g/mol. The molecule has 0 atom stereocenters. The maximum Gasteiger partial charge on any atom is 0.133 e. The fourth-order valence-electron chi connectivity index (χ4n) is 1.30. The molecule has 0 radical (unpaired) electrons. The van der Waals surface area contributed by atoms with Crippen molar-refractivity contribution in [3.63, 3.8) is 0 Å². The Kier molecular flexibility index (Phi) is 3.18. The molecule has 70 valence electrons. The molecule has 0 amide bonds. The van der Waals surface area contributed by atoms with Gasteiger partial charge >= 0.3 is 0 Å². The second-order valence-corrected chi connectivity index (χ2v) is 2.79.